The summed E-state index contributed by atoms with van der Waals surface area (Å²) in [6, 6.07) is 6.42. The Morgan fingerprint density at radius 1 is 1.12 bits per heavy atom. The summed E-state index contributed by atoms with van der Waals surface area (Å²) in [5.74, 6) is -2.47. The minimum absolute atomic E-state index is 0.0306. The minimum Gasteiger partial charge on any atom is -0.454 e. The Kier molecular flexibility index (Phi) is 5.30. The van der Waals surface area contributed by atoms with E-state index in [9.17, 15) is 27.2 Å². The van der Waals surface area contributed by atoms with Gasteiger partial charge in [0.1, 0.15) is 12.4 Å². The van der Waals surface area contributed by atoms with Crippen LogP contribution in [0.15, 0.2) is 30.3 Å². The van der Waals surface area contributed by atoms with Crippen LogP contribution in [0.1, 0.15) is 32.1 Å². The SMILES string of the molecule is Cc1cc(C(=O)COC(=O)c2ccccc2F)c(C)n1CC(F)(F)F. The van der Waals surface area contributed by atoms with E-state index in [0.29, 0.717) is 0 Å². The topological polar surface area (TPSA) is 48.3 Å². The molecular formula is C17H15F4NO3. The third-order valence-electron chi connectivity index (χ3n) is 3.64. The molecule has 8 heteroatoms. The third kappa shape index (κ3) is 4.46. The van der Waals surface area contributed by atoms with Crippen molar-refractivity contribution in [2.45, 2.75) is 26.6 Å². The number of aryl methyl sites for hydroxylation is 1. The molecule has 134 valence electrons. The summed E-state index contributed by atoms with van der Waals surface area (Å²) < 4.78 is 56.9. The van der Waals surface area contributed by atoms with Gasteiger partial charge in [0.25, 0.3) is 0 Å². The van der Waals surface area contributed by atoms with Crippen molar-refractivity contribution in [1.82, 2.24) is 4.57 Å². The molecule has 0 N–H and O–H groups in total. The van der Waals surface area contributed by atoms with Crippen LogP contribution in [0.25, 0.3) is 0 Å². The molecule has 1 aromatic heterocycles. The van der Waals surface area contributed by atoms with Gasteiger partial charge < -0.3 is 9.30 Å². The number of benzene rings is 1. The van der Waals surface area contributed by atoms with Crippen LogP contribution in [0.4, 0.5) is 17.6 Å². The van der Waals surface area contributed by atoms with Gasteiger partial charge in [0, 0.05) is 17.0 Å². The molecule has 4 nitrogen and oxygen atoms in total. The Bertz CT molecular complexity index is 809. The number of aromatic nitrogens is 1. The van der Waals surface area contributed by atoms with Gasteiger partial charge in [0.2, 0.25) is 5.78 Å². The normalized spacial score (nSPS) is 11.4. The highest BCUT2D eigenvalue weighted by Crippen LogP contribution is 2.23. The van der Waals surface area contributed by atoms with Gasteiger partial charge in [-0.1, -0.05) is 12.1 Å². The van der Waals surface area contributed by atoms with Gasteiger partial charge in [-0.25, -0.2) is 9.18 Å². The van der Waals surface area contributed by atoms with Gasteiger partial charge in [-0.15, -0.1) is 0 Å². The van der Waals surface area contributed by atoms with Crippen molar-refractivity contribution in [2.24, 2.45) is 0 Å². The Hall–Kier alpha value is -2.64. The molecular weight excluding hydrogens is 342 g/mol. The van der Waals surface area contributed by atoms with Gasteiger partial charge in [-0.3, -0.25) is 4.79 Å². The summed E-state index contributed by atoms with van der Waals surface area (Å²) in [7, 11) is 0. The molecule has 1 aromatic carbocycles. The first-order valence-corrected chi connectivity index (χ1v) is 7.28. The Morgan fingerprint density at radius 2 is 1.76 bits per heavy atom. The number of halogens is 4. The first kappa shape index (κ1) is 18.7. The number of Topliss-reactive ketones (excluding diaryl/α,β-unsaturated/α-hetero) is 1. The molecule has 0 saturated heterocycles. The van der Waals surface area contributed by atoms with Crippen molar-refractivity contribution in [3.8, 4) is 0 Å². The van der Waals surface area contributed by atoms with Gasteiger partial charge >= 0.3 is 12.1 Å². The fourth-order valence-electron chi connectivity index (χ4n) is 2.42. The second-order valence-corrected chi connectivity index (χ2v) is 5.47. The zero-order valence-electron chi connectivity index (χ0n) is 13.5. The number of rotatable bonds is 5. The second-order valence-electron chi connectivity index (χ2n) is 5.47. The van der Waals surface area contributed by atoms with Crippen LogP contribution < -0.4 is 0 Å². The summed E-state index contributed by atoms with van der Waals surface area (Å²) >= 11 is 0. The number of hydrogen-bond acceptors (Lipinski definition) is 3. The summed E-state index contributed by atoms with van der Waals surface area (Å²) in [5, 5.41) is 0. The zero-order chi connectivity index (χ0) is 18.8. The molecule has 0 aliphatic heterocycles. The molecule has 0 fully saturated rings. The lowest BCUT2D eigenvalue weighted by Gasteiger charge is -2.12. The van der Waals surface area contributed by atoms with E-state index < -0.39 is 36.9 Å². The number of carbonyl (C=O) groups is 2. The van der Waals surface area contributed by atoms with Crippen LogP contribution in [-0.2, 0) is 11.3 Å². The van der Waals surface area contributed by atoms with Gasteiger partial charge in [0.15, 0.2) is 6.61 Å². The molecule has 25 heavy (non-hydrogen) atoms. The number of ketones is 1. The number of nitrogens with zero attached hydrogens (tertiary/aromatic N) is 1. The minimum atomic E-state index is -4.42. The monoisotopic (exact) mass is 357 g/mol. The average molecular weight is 357 g/mol. The number of ether oxygens (including phenoxy) is 1. The van der Waals surface area contributed by atoms with Crippen LogP contribution in [-0.4, -0.2) is 29.1 Å². The standard InChI is InChI=1S/C17H15F4NO3/c1-10-7-13(11(2)22(10)9-17(19,20)21)15(23)8-25-16(24)12-5-3-4-6-14(12)18/h3-7H,8-9H2,1-2H3. The number of carbonyl (C=O) groups excluding carboxylic acids is 2. The van der Waals surface area contributed by atoms with Crippen LogP contribution in [0.5, 0.6) is 0 Å². The largest absolute Gasteiger partial charge is 0.454 e. The fraction of sp³-hybridized carbons (Fsp3) is 0.294. The molecule has 0 atom stereocenters. The van der Waals surface area contributed by atoms with E-state index >= 15 is 0 Å². The molecule has 0 saturated carbocycles. The van der Waals surface area contributed by atoms with Crippen LogP contribution in [0.2, 0.25) is 0 Å². The highest BCUT2D eigenvalue weighted by atomic mass is 19.4. The smallest absolute Gasteiger partial charge is 0.406 e. The van der Waals surface area contributed by atoms with Crippen molar-refractivity contribution in [3.05, 3.63) is 58.7 Å². The molecule has 0 unspecified atom stereocenters. The first-order chi connectivity index (χ1) is 11.6. The van der Waals surface area contributed by atoms with Crippen molar-refractivity contribution < 1.29 is 31.9 Å². The molecule has 0 spiro atoms. The second kappa shape index (κ2) is 7.08. The van der Waals surface area contributed by atoms with Crippen LogP contribution in [0.3, 0.4) is 0 Å². The molecule has 2 rings (SSSR count). The van der Waals surface area contributed by atoms with E-state index in [-0.39, 0.29) is 22.5 Å². The predicted molar refractivity (Wildman–Crippen MR) is 81.0 cm³/mol. The molecule has 0 aliphatic rings. The molecule has 0 amide bonds. The molecule has 0 aliphatic carbocycles. The first-order valence-electron chi connectivity index (χ1n) is 7.28. The van der Waals surface area contributed by atoms with E-state index in [4.69, 9.17) is 4.74 Å². The fourth-order valence-corrected chi connectivity index (χ4v) is 2.42. The van der Waals surface area contributed by atoms with Crippen molar-refractivity contribution in [3.63, 3.8) is 0 Å². The van der Waals surface area contributed by atoms with Gasteiger partial charge in [-0.05, 0) is 32.0 Å². The highest BCUT2D eigenvalue weighted by Gasteiger charge is 2.30. The Labute approximate surface area is 141 Å². The van der Waals surface area contributed by atoms with E-state index in [0.717, 1.165) is 10.6 Å². The lowest BCUT2D eigenvalue weighted by atomic mass is 10.1. The van der Waals surface area contributed by atoms with E-state index in [2.05, 4.69) is 0 Å². The maximum Gasteiger partial charge on any atom is 0.406 e. The van der Waals surface area contributed by atoms with Crippen molar-refractivity contribution in [1.29, 1.82) is 0 Å². The molecule has 0 bridgehead atoms. The summed E-state index contributed by atoms with van der Waals surface area (Å²) in [6.07, 6.45) is -4.42. The van der Waals surface area contributed by atoms with Gasteiger partial charge in [-0.2, -0.15) is 13.2 Å². The molecule has 1 heterocycles. The van der Waals surface area contributed by atoms with Crippen molar-refractivity contribution in [2.75, 3.05) is 6.61 Å². The van der Waals surface area contributed by atoms with E-state index in [1.807, 2.05) is 0 Å². The quantitative estimate of drug-likeness (QED) is 0.464. The summed E-state index contributed by atoms with van der Waals surface area (Å²) in [4.78, 5) is 23.9. The number of esters is 1. The Balaban J connectivity index is 2.10. The Morgan fingerprint density at radius 3 is 2.36 bits per heavy atom. The number of alkyl halides is 3. The molecule has 2 aromatic rings. The predicted octanol–water partition coefficient (Wildman–Crippen LogP) is 3.85. The van der Waals surface area contributed by atoms with E-state index in [1.165, 1.54) is 38.1 Å². The molecule has 0 radical (unpaired) electrons. The summed E-state index contributed by atoms with van der Waals surface area (Å²) in [5.41, 5.74) is 0.0984. The van der Waals surface area contributed by atoms with Crippen LogP contribution in [0, 0.1) is 19.7 Å². The van der Waals surface area contributed by atoms with Crippen LogP contribution >= 0.6 is 0 Å². The number of hydrogen-bond donors (Lipinski definition) is 0. The zero-order valence-corrected chi connectivity index (χ0v) is 13.5. The van der Waals surface area contributed by atoms with Gasteiger partial charge in [0.05, 0.1) is 5.56 Å². The maximum atomic E-state index is 13.5. The maximum absolute atomic E-state index is 13.5. The summed E-state index contributed by atoms with van der Waals surface area (Å²) in [6.45, 7) is 0.919. The lowest BCUT2D eigenvalue weighted by molar-refractivity contribution is -0.141. The third-order valence-corrected chi connectivity index (χ3v) is 3.64. The van der Waals surface area contributed by atoms with Crippen molar-refractivity contribution >= 4 is 11.8 Å². The van der Waals surface area contributed by atoms with E-state index in [1.54, 1.807) is 0 Å². The lowest BCUT2D eigenvalue weighted by Crippen LogP contribution is -2.20. The highest BCUT2D eigenvalue weighted by molar-refractivity contribution is 6.00. The average Bonchev–Trinajstić information content (AvgIpc) is 2.79.